The molecule has 0 aliphatic carbocycles. The number of benzene rings is 2. The Labute approximate surface area is 201 Å². The molecular formula is C22H30N4O6S2. The van der Waals surface area contributed by atoms with Gasteiger partial charge in [0.05, 0.1) is 30.1 Å². The first-order chi connectivity index (χ1) is 16.1. The third-order valence-electron chi connectivity index (χ3n) is 5.39. The highest BCUT2D eigenvalue weighted by atomic mass is 32.2. The van der Waals surface area contributed by atoms with Gasteiger partial charge in [-0.3, -0.25) is 9.10 Å². The minimum Gasteiger partial charge on any atom is -0.379 e. The fourth-order valence-electron chi connectivity index (χ4n) is 3.48. The van der Waals surface area contributed by atoms with E-state index in [0.717, 1.165) is 16.2 Å². The van der Waals surface area contributed by atoms with E-state index in [4.69, 9.17) is 4.74 Å². The summed E-state index contributed by atoms with van der Waals surface area (Å²) in [5.74, 6) is -0.461. The molecule has 34 heavy (non-hydrogen) atoms. The molecule has 1 aliphatic heterocycles. The topological polar surface area (TPSA) is 116 Å². The summed E-state index contributed by atoms with van der Waals surface area (Å²) in [4.78, 5) is 14.5. The van der Waals surface area contributed by atoms with Gasteiger partial charge in [-0.05, 0) is 36.4 Å². The lowest BCUT2D eigenvalue weighted by Crippen LogP contribution is -2.42. The van der Waals surface area contributed by atoms with E-state index in [9.17, 15) is 21.6 Å². The van der Waals surface area contributed by atoms with Crippen molar-refractivity contribution in [2.24, 2.45) is 0 Å². The Morgan fingerprint density at radius 1 is 0.971 bits per heavy atom. The van der Waals surface area contributed by atoms with E-state index in [0.29, 0.717) is 26.3 Å². The predicted octanol–water partition coefficient (Wildman–Crippen LogP) is 0.726. The van der Waals surface area contributed by atoms with Gasteiger partial charge in [-0.1, -0.05) is 18.2 Å². The Morgan fingerprint density at radius 3 is 2.18 bits per heavy atom. The molecule has 0 bridgehead atoms. The number of sulfonamides is 2. The molecule has 12 heteroatoms. The summed E-state index contributed by atoms with van der Waals surface area (Å²) in [7, 11) is -5.59. The van der Waals surface area contributed by atoms with Crippen LogP contribution >= 0.6 is 0 Å². The highest BCUT2D eigenvalue weighted by molar-refractivity contribution is 7.92. The fourth-order valence-corrected chi connectivity index (χ4v) is 5.75. The number of carbonyl (C=O) groups is 1. The zero-order chi connectivity index (χ0) is 24.8. The van der Waals surface area contributed by atoms with Gasteiger partial charge in [0.25, 0.3) is 0 Å². The van der Waals surface area contributed by atoms with Crippen molar-refractivity contribution in [3.05, 3.63) is 54.6 Å². The zero-order valence-electron chi connectivity index (χ0n) is 19.3. The summed E-state index contributed by atoms with van der Waals surface area (Å²) in [6.45, 7) is 1.65. The molecule has 1 N–H and O–H groups in total. The summed E-state index contributed by atoms with van der Waals surface area (Å²) < 4.78 is 57.8. The maximum Gasteiger partial charge on any atom is 0.243 e. The number of rotatable bonds is 10. The maximum absolute atomic E-state index is 12.8. The lowest BCUT2D eigenvalue weighted by molar-refractivity contribution is -0.119. The van der Waals surface area contributed by atoms with E-state index in [2.05, 4.69) is 5.32 Å². The number of amides is 1. The fraction of sp³-hybridized carbons (Fsp3) is 0.409. The molecule has 3 rings (SSSR count). The van der Waals surface area contributed by atoms with E-state index in [1.807, 2.05) is 42.3 Å². The number of para-hydroxylation sites is 1. The zero-order valence-corrected chi connectivity index (χ0v) is 20.9. The molecule has 1 aliphatic rings. The molecule has 1 saturated heterocycles. The van der Waals surface area contributed by atoms with Gasteiger partial charge >= 0.3 is 0 Å². The second-order valence-electron chi connectivity index (χ2n) is 7.89. The molecule has 2 aromatic carbocycles. The monoisotopic (exact) mass is 510 g/mol. The van der Waals surface area contributed by atoms with Crippen LogP contribution in [-0.4, -0.2) is 86.3 Å². The van der Waals surface area contributed by atoms with Crippen LogP contribution in [0.25, 0.3) is 0 Å². The van der Waals surface area contributed by atoms with Crippen LogP contribution in [0, 0.1) is 0 Å². The predicted molar refractivity (Wildman–Crippen MR) is 131 cm³/mol. The van der Waals surface area contributed by atoms with Crippen LogP contribution in [0.2, 0.25) is 0 Å². The van der Waals surface area contributed by atoms with Crippen LogP contribution in [0.5, 0.6) is 0 Å². The molecule has 0 aromatic heterocycles. The molecule has 0 atom stereocenters. The second kappa shape index (κ2) is 11.2. The number of nitrogens with zero attached hydrogens (tertiary/aromatic N) is 3. The molecule has 0 saturated carbocycles. The SMILES string of the molecule is CN(CCNC(=O)CN(c1ccc(S(=O)(=O)N2CCOCC2)cc1)S(C)(=O)=O)c1ccccc1. The summed E-state index contributed by atoms with van der Waals surface area (Å²) in [6, 6.07) is 15.2. The minimum absolute atomic E-state index is 0.0556. The highest BCUT2D eigenvalue weighted by Crippen LogP contribution is 2.23. The van der Waals surface area contributed by atoms with Gasteiger partial charge in [-0.25, -0.2) is 16.8 Å². The second-order valence-corrected chi connectivity index (χ2v) is 11.7. The number of anilines is 2. The summed E-state index contributed by atoms with van der Waals surface area (Å²) in [6.07, 6.45) is 1.00. The Hall–Kier alpha value is -2.67. The highest BCUT2D eigenvalue weighted by Gasteiger charge is 2.27. The van der Waals surface area contributed by atoms with Crippen molar-refractivity contribution in [2.75, 3.05) is 68.4 Å². The van der Waals surface area contributed by atoms with Gasteiger partial charge in [-0.15, -0.1) is 0 Å². The summed E-state index contributed by atoms with van der Waals surface area (Å²) in [5.41, 5.74) is 1.21. The van der Waals surface area contributed by atoms with Gasteiger partial charge in [-0.2, -0.15) is 4.31 Å². The molecule has 0 radical (unpaired) electrons. The third kappa shape index (κ3) is 6.69. The smallest absolute Gasteiger partial charge is 0.243 e. The van der Waals surface area contributed by atoms with Crippen LogP contribution in [0.4, 0.5) is 11.4 Å². The van der Waals surface area contributed by atoms with E-state index in [1.54, 1.807) is 0 Å². The van der Waals surface area contributed by atoms with Crippen LogP contribution in [-0.2, 0) is 29.6 Å². The van der Waals surface area contributed by atoms with Gasteiger partial charge in [0.1, 0.15) is 6.54 Å². The van der Waals surface area contributed by atoms with E-state index >= 15 is 0 Å². The van der Waals surface area contributed by atoms with Crippen LogP contribution in [0.1, 0.15) is 0 Å². The minimum atomic E-state index is -3.78. The average Bonchev–Trinajstić information content (AvgIpc) is 2.83. The normalized spacial score (nSPS) is 15.0. The Balaban J connectivity index is 1.63. The van der Waals surface area contributed by atoms with E-state index in [-0.39, 0.29) is 23.7 Å². The molecule has 1 fully saturated rings. The average molecular weight is 511 g/mol. The first-order valence-corrected chi connectivity index (χ1v) is 14.1. The number of ether oxygens (including phenoxy) is 1. The number of carbonyl (C=O) groups excluding carboxylic acids is 1. The molecule has 0 unspecified atom stereocenters. The van der Waals surface area contributed by atoms with E-state index in [1.165, 1.54) is 28.6 Å². The molecule has 10 nitrogen and oxygen atoms in total. The number of morpholine rings is 1. The van der Waals surface area contributed by atoms with E-state index < -0.39 is 32.5 Å². The molecular weight excluding hydrogens is 480 g/mol. The quantitative estimate of drug-likeness (QED) is 0.501. The van der Waals surface area contributed by atoms with Gasteiger partial charge < -0.3 is 15.0 Å². The number of hydrogen-bond donors (Lipinski definition) is 1. The molecule has 186 valence electrons. The first kappa shape index (κ1) is 25.9. The van der Waals surface area contributed by atoms with Crippen LogP contribution < -0.4 is 14.5 Å². The molecule has 1 heterocycles. The van der Waals surface area contributed by atoms with Crippen molar-refractivity contribution in [2.45, 2.75) is 4.90 Å². The lowest BCUT2D eigenvalue weighted by atomic mass is 10.3. The largest absolute Gasteiger partial charge is 0.379 e. The number of hydrogen-bond acceptors (Lipinski definition) is 7. The van der Waals surface area contributed by atoms with Crippen LogP contribution in [0.3, 0.4) is 0 Å². The summed E-state index contributed by atoms with van der Waals surface area (Å²) >= 11 is 0. The molecule has 0 spiro atoms. The van der Waals surface area contributed by atoms with Crippen molar-refractivity contribution >= 4 is 37.3 Å². The third-order valence-corrected chi connectivity index (χ3v) is 8.44. The number of nitrogens with one attached hydrogen (secondary N) is 1. The standard InChI is InChI=1S/C22H30N4O6S2/c1-24(19-6-4-3-5-7-19)13-12-23-22(27)18-26(33(2,28)29)20-8-10-21(11-9-20)34(30,31)25-14-16-32-17-15-25/h3-11H,12-18H2,1-2H3,(H,23,27). The van der Waals surface area contributed by atoms with Crippen LogP contribution in [0.15, 0.2) is 59.5 Å². The Bertz CT molecular complexity index is 1170. The van der Waals surface area contributed by atoms with Crippen molar-refractivity contribution in [3.8, 4) is 0 Å². The summed E-state index contributed by atoms with van der Waals surface area (Å²) in [5, 5.41) is 2.73. The van der Waals surface area contributed by atoms with Gasteiger partial charge in [0, 0.05) is 38.9 Å². The van der Waals surface area contributed by atoms with Crippen molar-refractivity contribution in [3.63, 3.8) is 0 Å². The first-order valence-electron chi connectivity index (χ1n) is 10.8. The molecule has 1 amide bonds. The van der Waals surface area contributed by atoms with Gasteiger partial charge in [0.15, 0.2) is 0 Å². The van der Waals surface area contributed by atoms with Crippen molar-refractivity contribution in [1.29, 1.82) is 0 Å². The maximum atomic E-state index is 12.8. The number of likely N-dealkylation sites (N-methyl/N-ethyl adjacent to an activating group) is 1. The lowest BCUT2D eigenvalue weighted by Gasteiger charge is -2.26. The van der Waals surface area contributed by atoms with Crippen molar-refractivity contribution < 1.29 is 26.4 Å². The van der Waals surface area contributed by atoms with Crippen molar-refractivity contribution in [1.82, 2.24) is 9.62 Å². The Kier molecular flexibility index (Phi) is 8.52. The van der Waals surface area contributed by atoms with Gasteiger partial charge in [0.2, 0.25) is 26.0 Å². The molecule has 2 aromatic rings. The Morgan fingerprint density at radius 2 is 1.59 bits per heavy atom.